The van der Waals surface area contributed by atoms with Gasteiger partial charge < -0.3 is 5.32 Å². The molecule has 1 aromatic heterocycles. The molecule has 0 fully saturated rings. The van der Waals surface area contributed by atoms with E-state index in [1.54, 1.807) is 30.3 Å². The molecule has 2 amide bonds. The van der Waals surface area contributed by atoms with Crippen LogP contribution in [-0.2, 0) is 11.6 Å². The zero-order valence-electron chi connectivity index (χ0n) is 17.1. The Morgan fingerprint density at radius 3 is 2.39 bits per heavy atom. The summed E-state index contributed by atoms with van der Waals surface area (Å²) in [5.74, 6) is 0.310. The van der Waals surface area contributed by atoms with E-state index in [0.717, 1.165) is 12.1 Å². The molecular weight excluding hydrogens is 407 g/mol. The lowest BCUT2D eigenvalue weighted by Crippen LogP contribution is -2.21. The van der Waals surface area contributed by atoms with E-state index in [-0.39, 0.29) is 11.1 Å². The molecule has 6 nitrogen and oxygen atoms in total. The molecule has 0 aliphatic carbocycles. The first-order valence-corrected chi connectivity index (χ1v) is 9.34. The third-order valence-electron chi connectivity index (χ3n) is 4.39. The van der Waals surface area contributed by atoms with Gasteiger partial charge in [0.05, 0.1) is 28.6 Å². The number of nitrogens with zero attached hydrogens (tertiary/aromatic N) is 3. The van der Waals surface area contributed by atoms with E-state index in [2.05, 4.69) is 21.8 Å². The summed E-state index contributed by atoms with van der Waals surface area (Å²) in [6.07, 6.45) is -4.51. The van der Waals surface area contributed by atoms with Gasteiger partial charge in [0.15, 0.2) is 0 Å². The molecule has 0 atom stereocenters. The molecule has 0 bridgehead atoms. The lowest BCUT2D eigenvalue weighted by molar-refractivity contribution is -0.137. The lowest BCUT2D eigenvalue weighted by atomic mass is 9.92. The predicted molar refractivity (Wildman–Crippen MR) is 111 cm³/mol. The Labute approximate surface area is 177 Å². The van der Waals surface area contributed by atoms with Gasteiger partial charge in [-0.1, -0.05) is 32.9 Å². The van der Waals surface area contributed by atoms with E-state index in [0.29, 0.717) is 22.8 Å². The molecule has 1 heterocycles. The van der Waals surface area contributed by atoms with Crippen LogP contribution in [0.2, 0.25) is 0 Å². The van der Waals surface area contributed by atoms with Crippen molar-refractivity contribution in [3.05, 3.63) is 71.4 Å². The van der Waals surface area contributed by atoms with Gasteiger partial charge in [-0.3, -0.25) is 5.32 Å². The highest BCUT2D eigenvalue weighted by Gasteiger charge is 2.30. The van der Waals surface area contributed by atoms with Crippen molar-refractivity contribution >= 4 is 17.5 Å². The number of aromatic nitrogens is 2. The number of hydrogen-bond donors (Lipinski definition) is 2. The SMILES string of the molecule is CC(C)(C)c1cc(NC(=O)Nc2cccc(C(F)(F)F)c2)n(-c2cccc(C#N)c2)n1. The normalized spacial score (nSPS) is 11.6. The van der Waals surface area contributed by atoms with Crippen LogP contribution in [0.4, 0.5) is 29.5 Å². The van der Waals surface area contributed by atoms with Crippen molar-refractivity contribution in [1.82, 2.24) is 9.78 Å². The Bertz CT molecular complexity index is 1150. The average molecular weight is 427 g/mol. The van der Waals surface area contributed by atoms with E-state index in [1.165, 1.54) is 16.8 Å². The molecule has 2 aromatic carbocycles. The third kappa shape index (κ3) is 5.22. The van der Waals surface area contributed by atoms with Gasteiger partial charge in [-0.15, -0.1) is 0 Å². The number of amides is 2. The van der Waals surface area contributed by atoms with E-state index in [4.69, 9.17) is 5.26 Å². The van der Waals surface area contributed by atoms with Crippen LogP contribution in [0.5, 0.6) is 0 Å². The fourth-order valence-electron chi connectivity index (χ4n) is 2.79. The summed E-state index contributed by atoms with van der Waals surface area (Å²) < 4.78 is 40.2. The third-order valence-corrected chi connectivity index (χ3v) is 4.39. The Balaban J connectivity index is 1.91. The molecule has 3 rings (SSSR count). The Hall–Kier alpha value is -3.80. The van der Waals surface area contributed by atoms with Gasteiger partial charge >= 0.3 is 12.2 Å². The topological polar surface area (TPSA) is 82.7 Å². The molecule has 9 heteroatoms. The highest BCUT2D eigenvalue weighted by molar-refractivity contribution is 5.99. The quantitative estimate of drug-likeness (QED) is 0.562. The second kappa shape index (κ2) is 8.14. The van der Waals surface area contributed by atoms with Crippen LogP contribution in [0.1, 0.15) is 37.6 Å². The molecule has 0 aliphatic rings. The van der Waals surface area contributed by atoms with E-state index in [1.807, 2.05) is 20.8 Å². The fraction of sp³-hybridized carbons (Fsp3) is 0.227. The number of rotatable bonds is 3. The first kappa shape index (κ1) is 21.9. The summed E-state index contributed by atoms with van der Waals surface area (Å²) in [4.78, 5) is 12.5. The van der Waals surface area contributed by atoms with Crippen molar-refractivity contribution in [2.45, 2.75) is 32.4 Å². The van der Waals surface area contributed by atoms with Crippen LogP contribution in [0.15, 0.2) is 54.6 Å². The number of anilines is 2. The Morgan fingerprint density at radius 1 is 1.03 bits per heavy atom. The maximum Gasteiger partial charge on any atom is 0.416 e. The smallest absolute Gasteiger partial charge is 0.308 e. The minimum absolute atomic E-state index is 0.000845. The van der Waals surface area contributed by atoms with Gasteiger partial charge in [0, 0.05) is 17.2 Å². The zero-order valence-corrected chi connectivity index (χ0v) is 17.1. The Morgan fingerprint density at radius 2 is 1.74 bits per heavy atom. The van der Waals surface area contributed by atoms with Crippen molar-refractivity contribution in [3.63, 3.8) is 0 Å². The molecule has 0 unspecified atom stereocenters. The first-order valence-electron chi connectivity index (χ1n) is 9.34. The molecule has 160 valence electrons. The minimum Gasteiger partial charge on any atom is -0.308 e. The number of benzene rings is 2. The van der Waals surface area contributed by atoms with E-state index in [9.17, 15) is 18.0 Å². The summed E-state index contributed by atoms with van der Waals surface area (Å²) in [7, 11) is 0. The molecular formula is C22H20F3N5O. The van der Waals surface area contributed by atoms with Gasteiger partial charge in [-0.2, -0.15) is 23.5 Å². The van der Waals surface area contributed by atoms with Crippen molar-refractivity contribution in [2.75, 3.05) is 10.6 Å². The fourth-order valence-corrected chi connectivity index (χ4v) is 2.79. The van der Waals surface area contributed by atoms with Crippen LogP contribution in [-0.4, -0.2) is 15.8 Å². The second-order valence-electron chi connectivity index (χ2n) is 7.90. The number of carbonyl (C=O) groups is 1. The maximum atomic E-state index is 12.9. The van der Waals surface area contributed by atoms with E-state index < -0.39 is 17.8 Å². The maximum absolute atomic E-state index is 12.9. The molecule has 0 radical (unpaired) electrons. The second-order valence-corrected chi connectivity index (χ2v) is 7.90. The number of alkyl halides is 3. The van der Waals surface area contributed by atoms with Crippen LogP contribution < -0.4 is 10.6 Å². The van der Waals surface area contributed by atoms with Crippen LogP contribution >= 0.6 is 0 Å². The molecule has 0 aliphatic heterocycles. The van der Waals surface area contributed by atoms with Crippen molar-refractivity contribution in [2.24, 2.45) is 0 Å². The van der Waals surface area contributed by atoms with Gasteiger partial charge in [0.2, 0.25) is 0 Å². The van der Waals surface area contributed by atoms with Crippen LogP contribution in [0.3, 0.4) is 0 Å². The number of nitrogens with one attached hydrogen (secondary N) is 2. The monoisotopic (exact) mass is 427 g/mol. The number of carbonyl (C=O) groups excluding carboxylic acids is 1. The highest BCUT2D eigenvalue weighted by Crippen LogP contribution is 2.31. The standard InChI is InChI=1S/C22H20F3N5O/c1-21(2,3)18-12-19(30(29-18)17-9-4-6-14(10-17)13-26)28-20(31)27-16-8-5-7-15(11-16)22(23,24)25/h4-12H,1-3H3,(H2,27,28,31). The molecule has 0 saturated heterocycles. The molecule has 2 N–H and O–H groups in total. The van der Waals surface area contributed by atoms with Gasteiger partial charge in [-0.25, -0.2) is 9.48 Å². The van der Waals surface area contributed by atoms with Crippen LogP contribution in [0.25, 0.3) is 5.69 Å². The lowest BCUT2D eigenvalue weighted by Gasteiger charge is -2.14. The largest absolute Gasteiger partial charge is 0.416 e. The number of halogens is 3. The Kier molecular flexibility index (Phi) is 5.75. The van der Waals surface area contributed by atoms with Crippen molar-refractivity contribution < 1.29 is 18.0 Å². The highest BCUT2D eigenvalue weighted by atomic mass is 19.4. The zero-order chi connectivity index (χ0) is 22.8. The summed E-state index contributed by atoms with van der Waals surface area (Å²) in [6.45, 7) is 5.87. The number of urea groups is 1. The molecule has 0 saturated carbocycles. The number of hydrogen-bond acceptors (Lipinski definition) is 3. The molecule has 3 aromatic rings. The summed E-state index contributed by atoms with van der Waals surface area (Å²) in [5, 5.41) is 18.8. The number of nitriles is 1. The van der Waals surface area contributed by atoms with Gasteiger partial charge in [0.25, 0.3) is 0 Å². The van der Waals surface area contributed by atoms with Gasteiger partial charge in [-0.05, 0) is 36.4 Å². The molecule has 0 spiro atoms. The first-order chi connectivity index (χ1) is 14.5. The van der Waals surface area contributed by atoms with Crippen LogP contribution in [0, 0.1) is 11.3 Å². The summed E-state index contributed by atoms with van der Waals surface area (Å²) >= 11 is 0. The molecule has 31 heavy (non-hydrogen) atoms. The predicted octanol–water partition coefficient (Wildman–Crippen LogP) is 5.70. The van der Waals surface area contributed by atoms with Gasteiger partial charge in [0.1, 0.15) is 5.82 Å². The van der Waals surface area contributed by atoms with Crippen molar-refractivity contribution in [3.8, 4) is 11.8 Å². The summed E-state index contributed by atoms with van der Waals surface area (Å²) in [5.41, 5.74) is 0.476. The minimum atomic E-state index is -4.51. The van der Waals surface area contributed by atoms with E-state index >= 15 is 0 Å². The summed E-state index contributed by atoms with van der Waals surface area (Å²) in [6, 6.07) is 14.1. The van der Waals surface area contributed by atoms with Crippen molar-refractivity contribution in [1.29, 1.82) is 5.26 Å². The average Bonchev–Trinajstić information content (AvgIpc) is 3.11.